The highest BCUT2D eigenvalue weighted by Crippen LogP contribution is 2.36. The van der Waals surface area contributed by atoms with Gasteiger partial charge in [-0.2, -0.15) is 0 Å². The number of oxazole rings is 1. The van der Waals surface area contributed by atoms with Crippen LogP contribution in [0.5, 0.6) is 0 Å². The third-order valence-corrected chi connectivity index (χ3v) is 6.83. The van der Waals surface area contributed by atoms with E-state index >= 15 is 0 Å². The van der Waals surface area contributed by atoms with Gasteiger partial charge in [-0.25, -0.2) is 0 Å². The third kappa shape index (κ3) is 2.02. The first-order chi connectivity index (χ1) is 15.4. The van der Waals surface area contributed by atoms with Crippen LogP contribution in [0.2, 0.25) is 0 Å². The first-order valence-electron chi connectivity index (χ1n) is 10.7. The van der Waals surface area contributed by atoms with Crippen LogP contribution >= 0.6 is 0 Å². The van der Waals surface area contributed by atoms with Gasteiger partial charge in [-0.15, -0.1) is 10.9 Å². The van der Waals surface area contributed by atoms with E-state index in [2.05, 4.69) is 118 Å². The number of rotatable bonds is 2. The zero-order valence-corrected chi connectivity index (χ0v) is 16.8. The molecule has 0 atom stereocenters. The molecule has 0 aliphatic carbocycles. The van der Waals surface area contributed by atoms with Crippen molar-refractivity contribution in [2.45, 2.75) is 0 Å². The van der Waals surface area contributed by atoms with Gasteiger partial charge in [-0.3, -0.25) is 0 Å². The summed E-state index contributed by atoms with van der Waals surface area (Å²) in [7, 11) is 0. The van der Waals surface area contributed by atoms with Crippen LogP contribution in [0.15, 0.2) is 120 Å². The highest BCUT2D eigenvalue weighted by Gasteiger charge is 2.51. The van der Waals surface area contributed by atoms with E-state index in [4.69, 9.17) is 4.42 Å². The predicted octanol–water partition coefficient (Wildman–Crippen LogP) is 4.31. The van der Waals surface area contributed by atoms with Gasteiger partial charge in [0.1, 0.15) is 5.56 Å². The van der Waals surface area contributed by atoms with Crippen molar-refractivity contribution in [3.8, 4) is 11.5 Å². The lowest BCUT2D eigenvalue weighted by molar-refractivity contribution is -0.508. The highest BCUT2D eigenvalue weighted by molar-refractivity contribution is 6.95. The average Bonchev–Trinajstić information content (AvgIpc) is 3.45. The summed E-state index contributed by atoms with van der Waals surface area (Å²) in [4.78, 5) is 0. The highest BCUT2D eigenvalue weighted by atomic mass is 16.4. The number of hydrogen-bond acceptors (Lipinski definition) is 1. The minimum absolute atomic E-state index is 0.901. The molecule has 4 aromatic carbocycles. The monoisotopic (exact) mass is 398 g/mol. The van der Waals surface area contributed by atoms with Crippen molar-refractivity contribution in [2.75, 3.05) is 0 Å². The van der Waals surface area contributed by atoms with E-state index < -0.39 is 6.42 Å². The van der Waals surface area contributed by atoms with Gasteiger partial charge in [0.25, 0.3) is 0 Å². The summed E-state index contributed by atoms with van der Waals surface area (Å²) in [5.41, 5.74) is 6.84. The van der Waals surface area contributed by atoms with Gasteiger partial charge >= 0.3 is 12.3 Å². The molecule has 2 aromatic heterocycles. The van der Waals surface area contributed by atoms with Crippen LogP contribution in [0.4, 0.5) is 0 Å². The summed E-state index contributed by atoms with van der Waals surface area (Å²) in [6.45, 7) is 0. The number of aromatic nitrogens is 2. The van der Waals surface area contributed by atoms with Gasteiger partial charge < -0.3 is 13.4 Å². The largest absolute Gasteiger partial charge is 0.452 e. The van der Waals surface area contributed by atoms with E-state index in [1.54, 1.807) is 0 Å². The van der Waals surface area contributed by atoms with Gasteiger partial charge in [0.15, 0.2) is 5.58 Å². The molecule has 0 bridgehead atoms. The molecule has 0 saturated heterocycles. The van der Waals surface area contributed by atoms with Crippen LogP contribution in [-0.4, -0.2) is 10.9 Å². The third-order valence-electron chi connectivity index (χ3n) is 6.83. The van der Waals surface area contributed by atoms with Gasteiger partial charge in [-0.1, -0.05) is 84.9 Å². The first-order valence-corrected chi connectivity index (χ1v) is 10.7. The van der Waals surface area contributed by atoms with Crippen molar-refractivity contribution in [3.63, 3.8) is 0 Å². The van der Waals surface area contributed by atoms with Crippen LogP contribution in [0.25, 0.3) is 33.5 Å². The molecule has 0 N–H and O–H groups in total. The molecule has 7 rings (SSSR count). The maximum Gasteiger partial charge on any atom is 0.437 e. The molecule has 1 aliphatic heterocycles. The number of hydrogen-bond donors (Lipinski definition) is 0. The van der Waals surface area contributed by atoms with Gasteiger partial charge in [-0.05, 0) is 29.8 Å². The van der Waals surface area contributed by atoms with E-state index in [0.29, 0.717) is 0 Å². The Morgan fingerprint density at radius 1 is 0.645 bits per heavy atom. The zero-order chi connectivity index (χ0) is 20.4. The summed E-state index contributed by atoms with van der Waals surface area (Å²) in [6, 6.07) is 38.7. The number of para-hydroxylation sites is 3. The lowest BCUT2D eigenvalue weighted by Crippen LogP contribution is -2.83. The fraction of sp³-hybridized carbons (Fsp3) is 0. The van der Waals surface area contributed by atoms with Crippen LogP contribution in [0.1, 0.15) is 0 Å². The maximum atomic E-state index is 6.57. The molecule has 3 heterocycles. The summed E-state index contributed by atoms with van der Waals surface area (Å²) in [6.07, 6.45) is 0.679. The van der Waals surface area contributed by atoms with Gasteiger partial charge in [0.2, 0.25) is 5.52 Å². The molecule has 0 radical (unpaired) electrons. The molecule has 0 spiro atoms. The number of fused-ring (bicyclic) bond motifs is 4. The molecular formula is C27H19BN2O. The molecule has 6 aromatic rings. The molecule has 0 fully saturated rings. The lowest BCUT2D eigenvalue weighted by atomic mass is 9.36. The standard InChI is InChI=1S/C27H19BN2O/c1-3-11-21(12-4-1)28(22-13-5-2-6-14-22)29-19-18-20-10-9-15-23(26(20)29)27-30(28)24-16-7-8-17-25(24)31-27/h1-19H. The molecule has 1 aliphatic rings. The second-order valence-electron chi connectivity index (χ2n) is 8.31. The number of nitrogens with zero attached hydrogens (tertiary/aromatic N) is 2. The molecule has 146 valence electrons. The molecule has 0 unspecified atom stereocenters. The summed E-state index contributed by atoms with van der Waals surface area (Å²) in [5.74, 6) is 0.908. The molecule has 31 heavy (non-hydrogen) atoms. The second kappa shape index (κ2) is 5.99. The summed E-state index contributed by atoms with van der Waals surface area (Å²) < 4.78 is 11.5. The van der Waals surface area contributed by atoms with Crippen molar-refractivity contribution in [1.82, 2.24) is 4.48 Å². The Kier molecular flexibility index (Phi) is 3.23. The minimum Gasteiger partial charge on any atom is -0.452 e. The minimum atomic E-state index is -1.56. The zero-order valence-electron chi connectivity index (χ0n) is 16.8. The Balaban J connectivity index is 1.79. The van der Waals surface area contributed by atoms with E-state index in [1.807, 2.05) is 6.07 Å². The summed E-state index contributed by atoms with van der Waals surface area (Å²) in [5, 5.41) is 1.22. The first kappa shape index (κ1) is 16.7. The predicted molar refractivity (Wildman–Crippen MR) is 126 cm³/mol. The van der Waals surface area contributed by atoms with Crippen molar-refractivity contribution < 1.29 is 8.90 Å². The van der Waals surface area contributed by atoms with E-state index in [1.165, 1.54) is 21.8 Å². The Hall–Kier alpha value is -4.05. The second-order valence-corrected chi connectivity index (χ2v) is 8.31. The van der Waals surface area contributed by atoms with Crippen LogP contribution in [-0.2, 0) is 0 Å². The Bertz CT molecular complexity index is 1540. The molecule has 0 saturated carbocycles. The molecule has 4 heteroatoms. The topological polar surface area (TPSA) is 21.9 Å². The SMILES string of the molecule is c1ccc([B-]2(c3ccccc3)n3ccc4cccc(c43)-c3oc4ccccc4[n+]32)cc1. The summed E-state index contributed by atoms with van der Waals surface area (Å²) >= 11 is 0. The van der Waals surface area contributed by atoms with Crippen LogP contribution in [0.3, 0.4) is 0 Å². The van der Waals surface area contributed by atoms with Gasteiger partial charge in [0, 0.05) is 11.6 Å². The van der Waals surface area contributed by atoms with Crippen molar-refractivity contribution >= 4 is 39.3 Å². The van der Waals surface area contributed by atoms with Crippen molar-refractivity contribution in [2.24, 2.45) is 0 Å². The van der Waals surface area contributed by atoms with E-state index in [0.717, 1.165) is 22.6 Å². The van der Waals surface area contributed by atoms with Crippen molar-refractivity contribution in [1.29, 1.82) is 0 Å². The van der Waals surface area contributed by atoms with Crippen LogP contribution in [0, 0.1) is 0 Å². The molecule has 3 nitrogen and oxygen atoms in total. The van der Waals surface area contributed by atoms with E-state index in [-0.39, 0.29) is 0 Å². The van der Waals surface area contributed by atoms with E-state index in [9.17, 15) is 0 Å². The molecule has 0 amide bonds. The fourth-order valence-corrected chi connectivity index (χ4v) is 5.64. The fourth-order valence-electron chi connectivity index (χ4n) is 5.64. The lowest BCUT2D eigenvalue weighted by Gasteiger charge is -2.40. The number of benzene rings is 4. The molecular weight excluding hydrogens is 379 g/mol. The van der Waals surface area contributed by atoms with Crippen LogP contribution < -0.4 is 15.4 Å². The Labute approximate surface area is 179 Å². The average molecular weight is 398 g/mol. The quantitative estimate of drug-likeness (QED) is 0.398. The maximum absolute atomic E-state index is 6.57. The normalized spacial score (nSPS) is 14.1. The van der Waals surface area contributed by atoms with Crippen molar-refractivity contribution in [3.05, 3.63) is 115 Å². The Morgan fingerprint density at radius 3 is 2.06 bits per heavy atom. The van der Waals surface area contributed by atoms with Gasteiger partial charge in [0.05, 0.1) is 0 Å². The Morgan fingerprint density at radius 2 is 1.32 bits per heavy atom. The smallest absolute Gasteiger partial charge is 0.437 e.